The van der Waals surface area contributed by atoms with Crippen molar-refractivity contribution in [3.8, 4) is 5.75 Å². The third-order valence-electron chi connectivity index (χ3n) is 3.86. The lowest BCUT2D eigenvalue weighted by molar-refractivity contribution is -0.116. The van der Waals surface area contributed by atoms with Crippen molar-refractivity contribution < 1.29 is 40.2 Å². The second-order valence-corrected chi connectivity index (χ2v) is 7.93. The highest BCUT2D eigenvalue weighted by molar-refractivity contribution is 7.90. The molecule has 0 spiro atoms. The summed E-state index contributed by atoms with van der Waals surface area (Å²) in [6.45, 7) is 4.68. The van der Waals surface area contributed by atoms with Gasteiger partial charge in [0.1, 0.15) is 13.3 Å². The van der Waals surface area contributed by atoms with Crippen LogP contribution in [0.2, 0.25) is 0 Å². The molecule has 1 aromatic carbocycles. The highest BCUT2D eigenvalue weighted by atomic mass is 32.2. The van der Waals surface area contributed by atoms with E-state index in [-0.39, 0.29) is 16.6 Å². The van der Waals surface area contributed by atoms with E-state index < -0.39 is 46.6 Å². The summed E-state index contributed by atoms with van der Waals surface area (Å²) in [5.41, 5.74) is -4.51. The maximum absolute atomic E-state index is 14.2. The molecule has 0 radical (unpaired) electrons. The number of ether oxygens (including phenoxy) is 2. The predicted octanol–water partition coefficient (Wildman–Crippen LogP) is 2.46. The van der Waals surface area contributed by atoms with Gasteiger partial charge in [-0.3, -0.25) is 4.79 Å². The number of aryl methyl sites for hydroxylation is 1. The quantitative estimate of drug-likeness (QED) is 0.342. The topological polar surface area (TPSA) is 84.9 Å². The van der Waals surface area contributed by atoms with E-state index in [2.05, 4.69) is 16.6 Å². The molecule has 1 atom stereocenters. The lowest BCUT2D eigenvalue weighted by Gasteiger charge is -2.28. The molecule has 7 nitrogen and oxygen atoms in total. The fraction of sp³-hybridized carbons (Fsp3) is 0.471. The number of nitrogens with zero attached hydrogens (tertiary/aromatic N) is 1. The number of halogens is 4. The van der Waals surface area contributed by atoms with Crippen molar-refractivity contribution in [1.82, 2.24) is 9.62 Å². The van der Waals surface area contributed by atoms with Gasteiger partial charge in [0.2, 0.25) is 5.91 Å². The molecular formula is C17H22F4N2O5S. The molecule has 0 bridgehead atoms. The molecule has 0 fully saturated rings. The number of amides is 1. The summed E-state index contributed by atoms with van der Waals surface area (Å²) in [6, 6.07) is 1.10. The zero-order valence-electron chi connectivity index (χ0n) is 16.0. The molecule has 0 aliphatic rings. The molecule has 1 rings (SSSR count). The van der Waals surface area contributed by atoms with Gasteiger partial charge in [-0.25, -0.2) is 12.8 Å². The highest BCUT2D eigenvalue weighted by Crippen LogP contribution is 2.29. The van der Waals surface area contributed by atoms with E-state index in [1.54, 1.807) is 6.92 Å². The Bertz CT molecular complexity index is 843. The molecule has 1 amide bonds. The summed E-state index contributed by atoms with van der Waals surface area (Å²) in [5.74, 6) is -1.53. The molecule has 0 aromatic heterocycles. The maximum Gasteiger partial charge on any atom is 0.511 e. The van der Waals surface area contributed by atoms with Gasteiger partial charge < -0.3 is 14.8 Å². The van der Waals surface area contributed by atoms with Gasteiger partial charge in [0, 0.05) is 13.7 Å². The fourth-order valence-corrected chi connectivity index (χ4v) is 3.28. The van der Waals surface area contributed by atoms with Gasteiger partial charge in [0.05, 0.1) is 6.04 Å². The summed E-state index contributed by atoms with van der Waals surface area (Å²) in [4.78, 5) is 11.3. The third-order valence-corrected chi connectivity index (χ3v) is 5.53. The number of carbonyl (C=O) groups is 1. The summed E-state index contributed by atoms with van der Waals surface area (Å²) in [6.07, 6.45) is 1.06. The SMILES string of the molecule is C=CC(=O)NCc1cc(OC[C@H](C)N(COC)S(=O)(=O)C(F)(F)F)c(F)cc1C. The van der Waals surface area contributed by atoms with E-state index in [9.17, 15) is 30.8 Å². The Morgan fingerprint density at radius 1 is 1.38 bits per heavy atom. The predicted molar refractivity (Wildman–Crippen MR) is 96.8 cm³/mol. The minimum atomic E-state index is -5.67. The van der Waals surface area contributed by atoms with Crippen LogP contribution in [-0.2, 0) is 26.1 Å². The van der Waals surface area contributed by atoms with Crippen LogP contribution in [-0.4, -0.2) is 50.6 Å². The molecular weight excluding hydrogens is 420 g/mol. The van der Waals surface area contributed by atoms with Gasteiger partial charge >= 0.3 is 15.5 Å². The molecule has 1 aromatic rings. The Hall–Kier alpha value is -2.18. The molecule has 0 saturated heterocycles. The lowest BCUT2D eigenvalue weighted by atomic mass is 10.1. The first-order valence-corrected chi connectivity index (χ1v) is 9.68. The van der Waals surface area contributed by atoms with Crippen molar-refractivity contribution in [1.29, 1.82) is 0 Å². The first-order chi connectivity index (χ1) is 13.3. The highest BCUT2D eigenvalue weighted by Gasteiger charge is 2.51. The number of carbonyl (C=O) groups excluding carboxylic acids is 1. The molecule has 1 N–H and O–H groups in total. The van der Waals surface area contributed by atoms with E-state index in [0.717, 1.165) is 19.3 Å². The van der Waals surface area contributed by atoms with Crippen molar-refractivity contribution >= 4 is 15.9 Å². The number of sulfonamides is 1. The monoisotopic (exact) mass is 442 g/mol. The average molecular weight is 442 g/mol. The molecule has 0 unspecified atom stereocenters. The number of benzene rings is 1. The van der Waals surface area contributed by atoms with Crippen LogP contribution in [0, 0.1) is 12.7 Å². The average Bonchev–Trinajstić information content (AvgIpc) is 2.62. The summed E-state index contributed by atoms with van der Waals surface area (Å²) < 4.78 is 85.9. The largest absolute Gasteiger partial charge is 0.511 e. The number of nitrogens with one attached hydrogen (secondary N) is 1. The number of methoxy groups -OCH3 is 1. The molecule has 12 heteroatoms. The molecule has 29 heavy (non-hydrogen) atoms. The van der Waals surface area contributed by atoms with Crippen molar-refractivity contribution in [3.63, 3.8) is 0 Å². The van der Waals surface area contributed by atoms with E-state index in [1.165, 1.54) is 13.0 Å². The first kappa shape index (κ1) is 24.9. The number of alkyl halides is 3. The number of hydrogen-bond donors (Lipinski definition) is 1. The van der Waals surface area contributed by atoms with E-state index in [0.29, 0.717) is 11.1 Å². The van der Waals surface area contributed by atoms with Crippen LogP contribution in [0.4, 0.5) is 17.6 Å². The van der Waals surface area contributed by atoms with E-state index in [4.69, 9.17) is 4.74 Å². The van der Waals surface area contributed by atoms with Crippen LogP contribution < -0.4 is 10.1 Å². The normalized spacial score (nSPS) is 13.2. The minimum absolute atomic E-state index is 0.0428. The fourth-order valence-electron chi connectivity index (χ4n) is 2.24. The van der Waals surface area contributed by atoms with Crippen LogP contribution in [0.5, 0.6) is 5.75 Å². The van der Waals surface area contributed by atoms with Crippen LogP contribution in [0.3, 0.4) is 0 Å². The number of hydrogen-bond acceptors (Lipinski definition) is 5. The van der Waals surface area contributed by atoms with E-state index in [1.807, 2.05) is 0 Å². The van der Waals surface area contributed by atoms with E-state index >= 15 is 0 Å². The van der Waals surface area contributed by atoms with Gasteiger partial charge in [-0.05, 0) is 43.2 Å². The molecule has 0 heterocycles. The Balaban J connectivity index is 3.00. The minimum Gasteiger partial charge on any atom is -0.489 e. The zero-order valence-corrected chi connectivity index (χ0v) is 16.9. The van der Waals surface area contributed by atoms with Crippen LogP contribution in [0.25, 0.3) is 0 Å². The van der Waals surface area contributed by atoms with Crippen molar-refractivity contribution in [3.05, 3.63) is 41.7 Å². The first-order valence-electron chi connectivity index (χ1n) is 8.24. The third kappa shape index (κ3) is 6.41. The Morgan fingerprint density at radius 3 is 2.52 bits per heavy atom. The molecule has 0 aliphatic heterocycles. The molecule has 0 saturated carbocycles. The molecule has 164 valence electrons. The Kier molecular flexibility index (Phi) is 8.60. The zero-order chi connectivity index (χ0) is 22.4. The Labute approximate surface area is 166 Å². The second-order valence-electron chi connectivity index (χ2n) is 6.05. The van der Waals surface area contributed by atoms with Crippen LogP contribution in [0.15, 0.2) is 24.8 Å². The van der Waals surface area contributed by atoms with Gasteiger partial charge in [-0.1, -0.05) is 6.58 Å². The summed E-state index contributed by atoms with van der Waals surface area (Å²) in [5, 5.41) is 2.51. The summed E-state index contributed by atoms with van der Waals surface area (Å²) >= 11 is 0. The van der Waals surface area contributed by atoms with Crippen LogP contribution >= 0.6 is 0 Å². The van der Waals surface area contributed by atoms with Crippen LogP contribution in [0.1, 0.15) is 18.1 Å². The van der Waals surface area contributed by atoms with Gasteiger partial charge in [-0.15, -0.1) is 0 Å². The molecule has 0 aliphatic carbocycles. The maximum atomic E-state index is 14.2. The van der Waals surface area contributed by atoms with Crippen molar-refractivity contribution in [2.24, 2.45) is 0 Å². The van der Waals surface area contributed by atoms with Crippen molar-refractivity contribution in [2.75, 3.05) is 20.4 Å². The van der Waals surface area contributed by atoms with Gasteiger partial charge in [0.15, 0.2) is 11.6 Å². The second kappa shape index (κ2) is 10.0. The summed E-state index contributed by atoms with van der Waals surface area (Å²) in [7, 11) is -4.64. The standard InChI is InChI=1S/C17H22F4N2O5S/c1-5-16(24)22-8-13-7-15(14(18)6-11(13)2)28-9-12(3)23(10-27-4)29(25,26)17(19,20)21/h5-7,12H,1,8-10H2,2-4H3,(H,22,24)/t12-/m0/s1. The Morgan fingerprint density at radius 2 is 2.00 bits per heavy atom. The lowest BCUT2D eigenvalue weighted by Crippen LogP contribution is -2.48. The van der Waals surface area contributed by atoms with Gasteiger partial charge in [-0.2, -0.15) is 17.5 Å². The van der Waals surface area contributed by atoms with Gasteiger partial charge in [0.25, 0.3) is 0 Å². The smallest absolute Gasteiger partial charge is 0.489 e. The van der Waals surface area contributed by atoms with Crippen molar-refractivity contribution in [2.45, 2.75) is 31.9 Å². The number of rotatable bonds is 10.